The molecule has 1 aromatic heterocycles. The summed E-state index contributed by atoms with van der Waals surface area (Å²) in [4.78, 5) is 2.01. The summed E-state index contributed by atoms with van der Waals surface area (Å²) in [5, 5.41) is 4.63. The van der Waals surface area contributed by atoms with Crippen molar-refractivity contribution in [3.8, 4) is 0 Å². The predicted octanol–water partition coefficient (Wildman–Crippen LogP) is 3.12. The number of hydrogen-bond acceptors (Lipinski definition) is 4. The van der Waals surface area contributed by atoms with Gasteiger partial charge in [0.15, 0.2) is 0 Å². The van der Waals surface area contributed by atoms with Gasteiger partial charge in [0.05, 0.1) is 5.75 Å². The van der Waals surface area contributed by atoms with Gasteiger partial charge in [-0.2, -0.15) is 11.3 Å². The van der Waals surface area contributed by atoms with Gasteiger partial charge in [-0.25, -0.2) is 13.1 Å². The third-order valence-corrected chi connectivity index (χ3v) is 5.59. The van der Waals surface area contributed by atoms with E-state index in [0.29, 0.717) is 17.1 Å². The number of benzene rings is 1. The average Bonchev–Trinajstić information content (AvgIpc) is 2.95. The number of nitrogens with zero attached hydrogens (tertiary/aromatic N) is 1. The zero-order valence-electron chi connectivity index (χ0n) is 12.5. The highest BCUT2D eigenvalue weighted by Gasteiger charge is 2.18. The van der Waals surface area contributed by atoms with E-state index in [1.54, 1.807) is 35.6 Å². The maximum Gasteiger partial charge on any atom is 0.215 e. The molecule has 1 aromatic carbocycles. The van der Waals surface area contributed by atoms with Crippen molar-refractivity contribution in [1.82, 2.24) is 9.62 Å². The van der Waals surface area contributed by atoms with Crippen molar-refractivity contribution in [3.63, 3.8) is 0 Å². The first-order valence-electron chi connectivity index (χ1n) is 6.78. The molecule has 0 saturated carbocycles. The van der Waals surface area contributed by atoms with E-state index in [-0.39, 0.29) is 11.8 Å². The monoisotopic (exact) mass is 358 g/mol. The maximum atomic E-state index is 12.2. The Balaban J connectivity index is 2.00. The Hall–Kier alpha value is -0.920. The number of likely N-dealkylation sites (N-methyl/N-ethyl adjacent to an activating group) is 1. The number of nitrogens with one attached hydrogen (secondary N) is 1. The molecule has 0 amide bonds. The van der Waals surface area contributed by atoms with Crippen molar-refractivity contribution < 1.29 is 8.42 Å². The van der Waals surface area contributed by atoms with Gasteiger partial charge in [-0.3, -0.25) is 0 Å². The van der Waals surface area contributed by atoms with Crippen molar-refractivity contribution in [3.05, 3.63) is 57.2 Å². The Morgan fingerprint density at radius 1 is 1.23 bits per heavy atom. The van der Waals surface area contributed by atoms with Crippen LogP contribution in [0.3, 0.4) is 0 Å². The van der Waals surface area contributed by atoms with E-state index in [9.17, 15) is 8.42 Å². The number of hydrogen-bond donors (Lipinski definition) is 1. The van der Waals surface area contributed by atoms with Crippen LogP contribution in [-0.2, 0) is 15.8 Å². The molecule has 0 fully saturated rings. The van der Waals surface area contributed by atoms with Gasteiger partial charge in [0.25, 0.3) is 0 Å². The molecule has 22 heavy (non-hydrogen) atoms. The first kappa shape index (κ1) is 17.4. The summed E-state index contributed by atoms with van der Waals surface area (Å²) in [6, 6.07) is 8.88. The number of thiophene rings is 1. The molecule has 0 aliphatic carbocycles. The fourth-order valence-electron chi connectivity index (χ4n) is 2.12. The molecular weight excluding hydrogens is 340 g/mol. The lowest BCUT2D eigenvalue weighted by Gasteiger charge is -2.24. The van der Waals surface area contributed by atoms with E-state index in [0.717, 1.165) is 5.56 Å². The number of rotatable bonds is 7. The van der Waals surface area contributed by atoms with Crippen molar-refractivity contribution >= 4 is 33.0 Å². The Labute approximate surface area is 140 Å². The zero-order chi connectivity index (χ0) is 16.2. The van der Waals surface area contributed by atoms with Gasteiger partial charge in [0.1, 0.15) is 0 Å². The number of sulfonamides is 1. The van der Waals surface area contributed by atoms with Crippen molar-refractivity contribution in [1.29, 1.82) is 0 Å². The fourth-order valence-corrected chi connectivity index (χ4v) is 4.10. The lowest BCUT2D eigenvalue weighted by molar-refractivity contribution is 0.300. The maximum absolute atomic E-state index is 12.2. The molecule has 4 nitrogen and oxygen atoms in total. The van der Waals surface area contributed by atoms with Crippen LogP contribution in [0.5, 0.6) is 0 Å². The molecular formula is C15H19ClN2O2S2. The summed E-state index contributed by atoms with van der Waals surface area (Å²) in [6.07, 6.45) is 0. The van der Waals surface area contributed by atoms with Crippen molar-refractivity contribution in [2.45, 2.75) is 11.8 Å². The Bertz CT molecular complexity index is 683. The zero-order valence-corrected chi connectivity index (χ0v) is 14.9. The van der Waals surface area contributed by atoms with E-state index < -0.39 is 10.0 Å². The van der Waals surface area contributed by atoms with Crippen LogP contribution in [0.4, 0.5) is 0 Å². The van der Waals surface area contributed by atoms with Crippen LogP contribution in [0.2, 0.25) is 5.02 Å². The normalized spacial score (nSPS) is 13.5. The highest BCUT2D eigenvalue weighted by Crippen LogP contribution is 2.20. The second-order valence-corrected chi connectivity index (χ2v) is 8.29. The van der Waals surface area contributed by atoms with Crippen LogP contribution < -0.4 is 4.72 Å². The predicted molar refractivity (Wildman–Crippen MR) is 92.8 cm³/mol. The van der Waals surface area contributed by atoms with E-state index in [1.165, 1.54) is 0 Å². The first-order chi connectivity index (χ1) is 10.4. The van der Waals surface area contributed by atoms with E-state index in [4.69, 9.17) is 11.6 Å². The molecule has 0 saturated heterocycles. The van der Waals surface area contributed by atoms with Gasteiger partial charge in [-0.1, -0.05) is 23.7 Å². The summed E-state index contributed by atoms with van der Waals surface area (Å²) in [7, 11) is 0.497. The molecule has 0 unspecified atom stereocenters. The van der Waals surface area contributed by atoms with Crippen LogP contribution in [0.15, 0.2) is 41.1 Å². The van der Waals surface area contributed by atoms with E-state index in [2.05, 4.69) is 4.72 Å². The van der Waals surface area contributed by atoms with E-state index >= 15 is 0 Å². The third-order valence-electron chi connectivity index (χ3n) is 3.32. The van der Waals surface area contributed by atoms with Crippen LogP contribution in [0.1, 0.15) is 17.2 Å². The molecule has 1 heterocycles. The minimum atomic E-state index is -3.38. The molecule has 0 aliphatic heterocycles. The average molecular weight is 359 g/mol. The smallest absolute Gasteiger partial charge is 0.215 e. The van der Waals surface area contributed by atoms with Crippen LogP contribution in [0, 0.1) is 0 Å². The molecule has 1 atom stereocenters. The van der Waals surface area contributed by atoms with Crippen LogP contribution in [-0.4, -0.2) is 34.0 Å². The summed E-state index contributed by atoms with van der Waals surface area (Å²) < 4.78 is 27.1. The van der Waals surface area contributed by atoms with Crippen LogP contribution in [0.25, 0.3) is 0 Å². The largest absolute Gasteiger partial charge is 0.301 e. The van der Waals surface area contributed by atoms with Crippen molar-refractivity contribution in [2.75, 3.05) is 20.6 Å². The molecule has 0 radical (unpaired) electrons. The fraction of sp³-hybridized carbons (Fsp3) is 0.333. The van der Waals surface area contributed by atoms with Gasteiger partial charge < -0.3 is 4.90 Å². The summed E-state index contributed by atoms with van der Waals surface area (Å²) in [5.74, 6) is -0.0477. The molecule has 2 rings (SSSR count). The molecule has 2 aromatic rings. The molecule has 1 N–H and O–H groups in total. The minimum Gasteiger partial charge on any atom is -0.301 e. The third kappa shape index (κ3) is 5.07. The second kappa shape index (κ2) is 7.57. The van der Waals surface area contributed by atoms with Crippen molar-refractivity contribution in [2.24, 2.45) is 0 Å². The topological polar surface area (TPSA) is 49.4 Å². The lowest BCUT2D eigenvalue weighted by atomic mass is 10.1. The molecule has 7 heteroatoms. The summed E-state index contributed by atoms with van der Waals surface area (Å²) >= 11 is 7.41. The molecule has 120 valence electrons. The van der Waals surface area contributed by atoms with Gasteiger partial charge >= 0.3 is 0 Å². The highest BCUT2D eigenvalue weighted by atomic mass is 35.5. The first-order valence-corrected chi connectivity index (χ1v) is 9.75. The molecule has 0 aliphatic rings. The van der Waals surface area contributed by atoms with Gasteiger partial charge in [-0.15, -0.1) is 0 Å². The minimum absolute atomic E-state index is 0.0197. The van der Waals surface area contributed by atoms with Gasteiger partial charge in [-0.05, 0) is 54.2 Å². The Morgan fingerprint density at radius 2 is 1.91 bits per heavy atom. The summed E-state index contributed by atoms with van der Waals surface area (Å²) in [5.41, 5.74) is 1.83. The molecule has 0 bridgehead atoms. The van der Waals surface area contributed by atoms with Gasteiger partial charge in [0, 0.05) is 17.6 Å². The lowest BCUT2D eigenvalue weighted by Crippen LogP contribution is -2.35. The van der Waals surface area contributed by atoms with Crippen LogP contribution >= 0.6 is 22.9 Å². The highest BCUT2D eigenvalue weighted by molar-refractivity contribution is 7.88. The molecule has 0 spiro atoms. The SMILES string of the molecule is CN(C)[C@H](CNS(=O)(=O)Cc1ccc(Cl)cc1)c1ccsc1. The quantitative estimate of drug-likeness (QED) is 0.827. The van der Waals surface area contributed by atoms with E-state index in [1.807, 2.05) is 35.8 Å². The Kier molecular flexibility index (Phi) is 6.00. The second-order valence-electron chi connectivity index (χ2n) is 5.27. The summed E-state index contributed by atoms with van der Waals surface area (Å²) in [6.45, 7) is 0.347. The number of halogens is 1. The van der Waals surface area contributed by atoms with Gasteiger partial charge in [0.2, 0.25) is 10.0 Å². The Morgan fingerprint density at radius 3 is 2.45 bits per heavy atom. The standard InChI is InChI=1S/C15H19ClN2O2S2/c1-18(2)15(13-7-8-21-10-13)9-17-22(19,20)11-12-3-5-14(16)6-4-12/h3-8,10,15,17H,9,11H2,1-2H3/t15-/m1/s1.